The predicted molar refractivity (Wildman–Crippen MR) is 66.8 cm³/mol. The molecule has 5 nitrogen and oxygen atoms in total. The lowest BCUT2D eigenvalue weighted by Crippen LogP contribution is -2.12. The van der Waals surface area contributed by atoms with Gasteiger partial charge in [-0.2, -0.15) is 0 Å². The van der Waals surface area contributed by atoms with Crippen molar-refractivity contribution in [3.05, 3.63) is 17.7 Å². The Morgan fingerprint density at radius 1 is 1.11 bits per heavy atom. The topological polar surface area (TPSA) is 65.0 Å². The minimum Gasteiger partial charge on any atom is -0.496 e. The van der Waals surface area contributed by atoms with Crippen LogP contribution in [0.3, 0.4) is 0 Å². The third-order valence-electron chi connectivity index (χ3n) is 2.82. The van der Waals surface area contributed by atoms with Crippen LogP contribution < -0.4 is 14.2 Å². The van der Waals surface area contributed by atoms with E-state index in [1.807, 2.05) is 6.92 Å². The first kappa shape index (κ1) is 14.2. The zero-order chi connectivity index (χ0) is 13.7. The second-order valence-corrected chi connectivity index (χ2v) is 3.75. The van der Waals surface area contributed by atoms with Crippen LogP contribution in [0.15, 0.2) is 12.1 Å². The van der Waals surface area contributed by atoms with Gasteiger partial charge < -0.3 is 19.3 Å². The van der Waals surface area contributed by atoms with Crippen LogP contribution in [0.1, 0.15) is 24.8 Å². The molecule has 5 heteroatoms. The van der Waals surface area contributed by atoms with Gasteiger partial charge in [0.15, 0.2) is 11.5 Å². The van der Waals surface area contributed by atoms with E-state index in [1.165, 1.54) is 21.3 Å². The average molecular weight is 254 g/mol. The molecule has 0 spiro atoms. The van der Waals surface area contributed by atoms with E-state index in [0.29, 0.717) is 29.2 Å². The number of methoxy groups -OCH3 is 3. The molecule has 0 heterocycles. The quantitative estimate of drug-likeness (QED) is 0.843. The van der Waals surface area contributed by atoms with E-state index < -0.39 is 11.9 Å². The van der Waals surface area contributed by atoms with E-state index in [9.17, 15) is 9.90 Å². The summed E-state index contributed by atoms with van der Waals surface area (Å²) in [5.74, 6) is -0.0176. The Labute approximate surface area is 106 Å². The Bertz CT molecular complexity index is 428. The zero-order valence-corrected chi connectivity index (χ0v) is 11.0. The molecule has 1 aromatic carbocycles. The van der Waals surface area contributed by atoms with Crippen LogP contribution in [-0.2, 0) is 4.79 Å². The number of benzene rings is 1. The van der Waals surface area contributed by atoms with Crippen LogP contribution in [0.25, 0.3) is 0 Å². The molecule has 0 fully saturated rings. The summed E-state index contributed by atoms with van der Waals surface area (Å²) in [5.41, 5.74) is 0.588. The molecule has 18 heavy (non-hydrogen) atoms. The number of rotatable bonds is 6. The van der Waals surface area contributed by atoms with Gasteiger partial charge in [-0.25, -0.2) is 0 Å². The zero-order valence-electron chi connectivity index (χ0n) is 11.0. The first-order chi connectivity index (χ1) is 8.58. The van der Waals surface area contributed by atoms with Crippen LogP contribution >= 0.6 is 0 Å². The van der Waals surface area contributed by atoms with Crippen LogP contribution in [-0.4, -0.2) is 32.4 Å². The Morgan fingerprint density at radius 2 is 1.61 bits per heavy atom. The number of carboxylic acid groups (broad SMARTS) is 1. The fraction of sp³-hybridized carbons (Fsp3) is 0.462. The maximum Gasteiger partial charge on any atom is 0.311 e. The number of aliphatic carboxylic acids is 1. The van der Waals surface area contributed by atoms with Gasteiger partial charge in [-0.3, -0.25) is 4.79 Å². The van der Waals surface area contributed by atoms with Crippen LogP contribution in [0, 0.1) is 0 Å². The molecule has 100 valence electrons. The average Bonchev–Trinajstić information content (AvgIpc) is 2.38. The molecule has 0 radical (unpaired) electrons. The van der Waals surface area contributed by atoms with E-state index in [4.69, 9.17) is 14.2 Å². The van der Waals surface area contributed by atoms with Crippen molar-refractivity contribution < 1.29 is 24.1 Å². The number of hydrogen-bond acceptors (Lipinski definition) is 4. The van der Waals surface area contributed by atoms with Gasteiger partial charge >= 0.3 is 5.97 Å². The highest BCUT2D eigenvalue weighted by molar-refractivity contribution is 5.78. The molecule has 0 aliphatic rings. The van der Waals surface area contributed by atoms with E-state index in [1.54, 1.807) is 12.1 Å². The number of carboxylic acids is 1. The van der Waals surface area contributed by atoms with Gasteiger partial charge in [0.1, 0.15) is 5.75 Å². The normalized spacial score (nSPS) is 11.8. The molecule has 0 saturated heterocycles. The third kappa shape index (κ3) is 2.67. The van der Waals surface area contributed by atoms with Crippen LogP contribution in [0.2, 0.25) is 0 Å². The molecule has 0 saturated carbocycles. The molecule has 0 aliphatic heterocycles. The molecule has 0 aromatic heterocycles. The molecule has 0 bridgehead atoms. The minimum atomic E-state index is -0.886. The smallest absolute Gasteiger partial charge is 0.311 e. The summed E-state index contributed by atoms with van der Waals surface area (Å²) >= 11 is 0. The molecule has 0 aliphatic carbocycles. The molecule has 1 aromatic rings. The van der Waals surface area contributed by atoms with Gasteiger partial charge in [-0.15, -0.1) is 0 Å². The van der Waals surface area contributed by atoms with E-state index in [0.717, 1.165) is 0 Å². The minimum absolute atomic E-state index is 0.473. The Morgan fingerprint density at radius 3 is 2.00 bits per heavy atom. The molecule has 1 rings (SSSR count). The van der Waals surface area contributed by atoms with Crippen molar-refractivity contribution in [2.75, 3.05) is 21.3 Å². The Hall–Kier alpha value is -1.91. The fourth-order valence-corrected chi connectivity index (χ4v) is 1.85. The molecular formula is C13H18O5. The van der Waals surface area contributed by atoms with Gasteiger partial charge in [-0.1, -0.05) is 6.92 Å². The summed E-state index contributed by atoms with van der Waals surface area (Å²) in [5, 5.41) is 9.21. The molecule has 1 N–H and O–H groups in total. The largest absolute Gasteiger partial charge is 0.496 e. The standard InChI is InChI=1S/C13H18O5/c1-5-8(13(14)15)9-6-11(17-3)12(18-4)7-10(9)16-2/h6-8H,5H2,1-4H3,(H,14,15)/t8-/m0/s1. The lowest BCUT2D eigenvalue weighted by atomic mass is 9.95. The van der Waals surface area contributed by atoms with Gasteiger partial charge in [0, 0.05) is 11.6 Å². The van der Waals surface area contributed by atoms with Gasteiger partial charge in [-0.05, 0) is 12.5 Å². The predicted octanol–water partition coefficient (Wildman–Crippen LogP) is 2.29. The van der Waals surface area contributed by atoms with Crippen molar-refractivity contribution in [2.45, 2.75) is 19.3 Å². The van der Waals surface area contributed by atoms with Crippen molar-refractivity contribution in [1.82, 2.24) is 0 Å². The lowest BCUT2D eigenvalue weighted by molar-refractivity contribution is -0.138. The number of ether oxygens (including phenoxy) is 3. The molecular weight excluding hydrogens is 236 g/mol. The summed E-state index contributed by atoms with van der Waals surface area (Å²) in [7, 11) is 4.53. The van der Waals surface area contributed by atoms with Crippen LogP contribution in [0.5, 0.6) is 17.2 Å². The SMILES string of the molecule is CC[C@H](C(=O)O)c1cc(OC)c(OC)cc1OC. The third-order valence-corrected chi connectivity index (χ3v) is 2.82. The van der Waals surface area contributed by atoms with E-state index in [2.05, 4.69) is 0 Å². The van der Waals surface area contributed by atoms with E-state index in [-0.39, 0.29) is 0 Å². The number of hydrogen-bond donors (Lipinski definition) is 1. The van der Waals surface area contributed by atoms with Gasteiger partial charge in [0.05, 0.1) is 27.2 Å². The Balaban J connectivity index is 3.36. The molecule has 0 unspecified atom stereocenters. The lowest BCUT2D eigenvalue weighted by Gasteiger charge is -2.17. The van der Waals surface area contributed by atoms with Crippen LogP contribution in [0.4, 0.5) is 0 Å². The monoisotopic (exact) mass is 254 g/mol. The summed E-state index contributed by atoms with van der Waals surface area (Å²) in [6.45, 7) is 1.81. The van der Waals surface area contributed by atoms with Crippen molar-refractivity contribution in [2.24, 2.45) is 0 Å². The maximum absolute atomic E-state index is 11.2. The highest BCUT2D eigenvalue weighted by Gasteiger charge is 2.24. The van der Waals surface area contributed by atoms with Crippen molar-refractivity contribution in [3.8, 4) is 17.2 Å². The summed E-state index contributed by atoms with van der Waals surface area (Å²) in [4.78, 5) is 11.2. The highest BCUT2D eigenvalue weighted by atomic mass is 16.5. The first-order valence-corrected chi connectivity index (χ1v) is 5.61. The van der Waals surface area contributed by atoms with Crippen molar-refractivity contribution >= 4 is 5.97 Å². The first-order valence-electron chi connectivity index (χ1n) is 5.61. The highest BCUT2D eigenvalue weighted by Crippen LogP contribution is 2.39. The summed E-state index contributed by atoms with van der Waals surface area (Å²) in [6, 6.07) is 3.29. The van der Waals surface area contributed by atoms with Crippen molar-refractivity contribution in [1.29, 1.82) is 0 Å². The Kier molecular flexibility index (Phi) is 4.83. The van der Waals surface area contributed by atoms with E-state index >= 15 is 0 Å². The fourth-order valence-electron chi connectivity index (χ4n) is 1.85. The summed E-state index contributed by atoms with van der Waals surface area (Å²) in [6.07, 6.45) is 0.473. The number of carbonyl (C=O) groups is 1. The second-order valence-electron chi connectivity index (χ2n) is 3.75. The van der Waals surface area contributed by atoms with Crippen molar-refractivity contribution in [3.63, 3.8) is 0 Å². The maximum atomic E-state index is 11.2. The summed E-state index contributed by atoms with van der Waals surface area (Å²) < 4.78 is 15.6. The molecule has 1 atom stereocenters. The second kappa shape index (κ2) is 6.14. The van der Waals surface area contributed by atoms with Gasteiger partial charge in [0.2, 0.25) is 0 Å². The van der Waals surface area contributed by atoms with Gasteiger partial charge in [0.25, 0.3) is 0 Å². The molecule has 0 amide bonds.